The monoisotopic (exact) mass is 382 g/mol. The normalized spacial score (nSPS) is 16.5. The lowest BCUT2D eigenvalue weighted by molar-refractivity contribution is 0.0644. The number of carbonyl (C=O) groups is 2. The predicted octanol–water partition coefficient (Wildman–Crippen LogP) is 4.13. The second-order valence-electron chi connectivity index (χ2n) is 7.54. The highest BCUT2D eigenvalue weighted by Crippen LogP contribution is 2.33. The van der Waals surface area contributed by atoms with Gasteiger partial charge in [0.25, 0.3) is 11.8 Å². The van der Waals surface area contributed by atoms with E-state index in [2.05, 4.69) is 18.7 Å². The molecule has 1 aromatic heterocycles. The molecule has 4 rings (SSSR count). The number of carbonyl (C=O) groups excluding carboxylic acids is 2. The molecule has 0 N–H and O–H groups in total. The van der Waals surface area contributed by atoms with E-state index in [0.717, 1.165) is 43.6 Å². The summed E-state index contributed by atoms with van der Waals surface area (Å²) in [7, 11) is 0. The van der Waals surface area contributed by atoms with Crippen LogP contribution in [0.15, 0.2) is 29.6 Å². The zero-order valence-corrected chi connectivity index (χ0v) is 16.8. The summed E-state index contributed by atoms with van der Waals surface area (Å²) in [6.45, 7) is 7.03. The molecule has 1 aliphatic carbocycles. The van der Waals surface area contributed by atoms with Gasteiger partial charge in [-0.05, 0) is 73.5 Å². The van der Waals surface area contributed by atoms with E-state index < -0.39 is 0 Å². The molecule has 0 saturated carbocycles. The smallest absolute Gasteiger partial charge is 0.261 e. The van der Waals surface area contributed by atoms with Crippen molar-refractivity contribution in [3.05, 3.63) is 56.8 Å². The molecule has 142 valence electrons. The SMILES string of the molecule is CCCN(CCC)C1Cc2cc3c(cc2C1)C(=O)N(Cc1cccs1)C3=O. The van der Waals surface area contributed by atoms with Crippen LogP contribution in [0.3, 0.4) is 0 Å². The van der Waals surface area contributed by atoms with Gasteiger partial charge in [0.1, 0.15) is 0 Å². The predicted molar refractivity (Wildman–Crippen MR) is 108 cm³/mol. The van der Waals surface area contributed by atoms with Crippen molar-refractivity contribution in [2.45, 2.75) is 52.1 Å². The molecule has 0 atom stereocenters. The summed E-state index contributed by atoms with van der Waals surface area (Å²) in [5.41, 5.74) is 3.67. The lowest BCUT2D eigenvalue weighted by Crippen LogP contribution is -2.37. The van der Waals surface area contributed by atoms with Crippen molar-refractivity contribution in [1.82, 2.24) is 9.80 Å². The molecular weight excluding hydrogens is 356 g/mol. The highest BCUT2D eigenvalue weighted by atomic mass is 32.1. The van der Waals surface area contributed by atoms with Crippen molar-refractivity contribution in [2.75, 3.05) is 13.1 Å². The zero-order chi connectivity index (χ0) is 19.0. The van der Waals surface area contributed by atoms with E-state index >= 15 is 0 Å². The minimum absolute atomic E-state index is 0.145. The molecule has 2 amide bonds. The van der Waals surface area contributed by atoms with Gasteiger partial charge in [-0.15, -0.1) is 11.3 Å². The third-order valence-corrected chi connectivity index (χ3v) is 6.50. The van der Waals surface area contributed by atoms with Crippen molar-refractivity contribution in [3.8, 4) is 0 Å². The first-order valence-corrected chi connectivity index (χ1v) is 10.8. The second kappa shape index (κ2) is 7.56. The van der Waals surface area contributed by atoms with Gasteiger partial charge < -0.3 is 0 Å². The fraction of sp³-hybridized carbons (Fsp3) is 0.455. The molecular formula is C22H26N2O2S. The molecule has 0 fully saturated rings. The summed E-state index contributed by atoms with van der Waals surface area (Å²) in [5, 5.41) is 1.97. The van der Waals surface area contributed by atoms with Crippen LogP contribution < -0.4 is 0 Å². The van der Waals surface area contributed by atoms with E-state index in [1.165, 1.54) is 16.0 Å². The Kier molecular flexibility index (Phi) is 5.15. The number of amides is 2. The van der Waals surface area contributed by atoms with Crippen molar-refractivity contribution >= 4 is 23.2 Å². The maximum Gasteiger partial charge on any atom is 0.261 e. The molecule has 2 aliphatic rings. The summed E-state index contributed by atoms with van der Waals surface area (Å²) < 4.78 is 0. The van der Waals surface area contributed by atoms with Gasteiger partial charge in [-0.1, -0.05) is 19.9 Å². The average molecular weight is 383 g/mol. The molecule has 0 bridgehead atoms. The molecule has 0 unspecified atom stereocenters. The Balaban J connectivity index is 1.56. The molecule has 0 radical (unpaired) electrons. The van der Waals surface area contributed by atoms with Crippen molar-refractivity contribution in [3.63, 3.8) is 0 Å². The van der Waals surface area contributed by atoms with Crippen LogP contribution in [-0.4, -0.2) is 40.7 Å². The molecule has 2 aromatic rings. The number of thiophene rings is 1. The van der Waals surface area contributed by atoms with Crippen molar-refractivity contribution < 1.29 is 9.59 Å². The lowest BCUT2D eigenvalue weighted by atomic mass is 10.0. The molecule has 1 aliphatic heterocycles. The first kappa shape index (κ1) is 18.4. The summed E-state index contributed by atoms with van der Waals surface area (Å²) in [6, 6.07) is 8.40. The van der Waals surface area contributed by atoms with Crippen LogP contribution in [0.4, 0.5) is 0 Å². The van der Waals surface area contributed by atoms with E-state index in [1.807, 2.05) is 29.6 Å². The minimum atomic E-state index is -0.145. The maximum absolute atomic E-state index is 12.9. The zero-order valence-electron chi connectivity index (χ0n) is 16.0. The Bertz CT molecular complexity index is 808. The molecule has 2 heterocycles. The first-order valence-electron chi connectivity index (χ1n) is 9.90. The molecule has 0 saturated heterocycles. The van der Waals surface area contributed by atoms with E-state index in [-0.39, 0.29) is 11.8 Å². The van der Waals surface area contributed by atoms with Gasteiger partial charge in [0.2, 0.25) is 0 Å². The number of nitrogens with zero attached hydrogens (tertiary/aromatic N) is 2. The van der Waals surface area contributed by atoms with Crippen LogP contribution in [0, 0.1) is 0 Å². The average Bonchev–Trinajstić information content (AvgIpc) is 3.36. The minimum Gasteiger partial charge on any atom is -0.300 e. The van der Waals surface area contributed by atoms with Crippen LogP contribution in [0.25, 0.3) is 0 Å². The molecule has 4 nitrogen and oxygen atoms in total. The van der Waals surface area contributed by atoms with Gasteiger partial charge in [-0.3, -0.25) is 19.4 Å². The number of hydrogen-bond donors (Lipinski definition) is 0. The van der Waals surface area contributed by atoms with Crippen LogP contribution in [0.5, 0.6) is 0 Å². The molecule has 27 heavy (non-hydrogen) atoms. The van der Waals surface area contributed by atoms with Gasteiger partial charge >= 0.3 is 0 Å². The lowest BCUT2D eigenvalue weighted by Gasteiger charge is -2.27. The van der Waals surface area contributed by atoms with Crippen LogP contribution in [-0.2, 0) is 19.4 Å². The van der Waals surface area contributed by atoms with E-state index in [4.69, 9.17) is 0 Å². The van der Waals surface area contributed by atoms with Crippen LogP contribution in [0.2, 0.25) is 0 Å². The molecule has 5 heteroatoms. The summed E-state index contributed by atoms with van der Waals surface area (Å²) >= 11 is 1.58. The van der Waals surface area contributed by atoms with E-state index in [9.17, 15) is 9.59 Å². The van der Waals surface area contributed by atoms with Gasteiger partial charge in [-0.2, -0.15) is 0 Å². The Morgan fingerprint density at radius 1 is 1.04 bits per heavy atom. The number of imide groups is 1. The molecule has 1 aromatic carbocycles. The van der Waals surface area contributed by atoms with Gasteiger partial charge in [0, 0.05) is 10.9 Å². The Morgan fingerprint density at radius 2 is 1.63 bits per heavy atom. The van der Waals surface area contributed by atoms with Crippen molar-refractivity contribution in [1.29, 1.82) is 0 Å². The van der Waals surface area contributed by atoms with E-state index in [1.54, 1.807) is 11.3 Å². The Labute approximate surface area is 164 Å². The number of rotatable bonds is 7. The van der Waals surface area contributed by atoms with Gasteiger partial charge in [-0.25, -0.2) is 0 Å². The Morgan fingerprint density at radius 3 is 2.11 bits per heavy atom. The molecule has 0 spiro atoms. The largest absolute Gasteiger partial charge is 0.300 e. The summed E-state index contributed by atoms with van der Waals surface area (Å²) in [6.07, 6.45) is 4.26. The van der Waals surface area contributed by atoms with Crippen LogP contribution in [0.1, 0.15) is 63.4 Å². The first-order chi connectivity index (χ1) is 13.1. The third-order valence-electron chi connectivity index (χ3n) is 5.63. The highest BCUT2D eigenvalue weighted by molar-refractivity contribution is 7.09. The van der Waals surface area contributed by atoms with Crippen molar-refractivity contribution in [2.24, 2.45) is 0 Å². The highest BCUT2D eigenvalue weighted by Gasteiger charge is 2.38. The standard InChI is InChI=1S/C22H26N2O2S/c1-3-7-23(8-4-2)17-10-15-12-19-20(13-16(15)11-17)22(26)24(21(19)25)14-18-6-5-9-27-18/h5-6,9,12-13,17H,3-4,7-8,10-11,14H2,1-2H3. The fourth-order valence-electron chi connectivity index (χ4n) is 4.40. The van der Waals surface area contributed by atoms with E-state index in [0.29, 0.717) is 23.7 Å². The topological polar surface area (TPSA) is 40.6 Å². The Hall–Kier alpha value is -1.98. The number of benzene rings is 1. The summed E-state index contributed by atoms with van der Waals surface area (Å²) in [5.74, 6) is -0.290. The number of fused-ring (bicyclic) bond motifs is 2. The second-order valence-corrected chi connectivity index (χ2v) is 8.57. The maximum atomic E-state index is 12.9. The van der Waals surface area contributed by atoms with Gasteiger partial charge in [0.05, 0.1) is 17.7 Å². The van der Waals surface area contributed by atoms with Crippen LogP contribution >= 0.6 is 11.3 Å². The third kappa shape index (κ3) is 3.34. The van der Waals surface area contributed by atoms with Gasteiger partial charge in [0.15, 0.2) is 0 Å². The quantitative estimate of drug-likeness (QED) is 0.676. The number of hydrogen-bond acceptors (Lipinski definition) is 4. The fourth-order valence-corrected chi connectivity index (χ4v) is 5.09. The summed E-state index contributed by atoms with van der Waals surface area (Å²) in [4.78, 5) is 30.7.